The highest BCUT2D eigenvalue weighted by Crippen LogP contribution is 2.29. The first-order chi connectivity index (χ1) is 8.27. The van der Waals surface area contributed by atoms with E-state index in [1.165, 1.54) is 25.6 Å². The van der Waals surface area contributed by atoms with Gasteiger partial charge in [0.1, 0.15) is 16.4 Å². The Morgan fingerprint density at radius 3 is 2.71 bits per heavy atom. The Balaban J connectivity index is 2.44. The molecule has 0 aliphatic carbocycles. The third-order valence-corrected chi connectivity index (χ3v) is 3.16. The van der Waals surface area contributed by atoms with Crippen molar-refractivity contribution in [3.05, 3.63) is 40.3 Å². The van der Waals surface area contributed by atoms with Crippen LogP contribution in [0, 0.1) is 0 Å². The predicted octanol–water partition coefficient (Wildman–Crippen LogP) is 2.39. The van der Waals surface area contributed by atoms with Gasteiger partial charge in [0, 0.05) is 6.20 Å². The first-order valence-electron chi connectivity index (χ1n) is 4.93. The number of methoxy groups -OCH3 is 2. The van der Waals surface area contributed by atoms with E-state index in [4.69, 9.17) is 9.47 Å². The molecule has 0 amide bonds. The van der Waals surface area contributed by atoms with Crippen molar-refractivity contribution in [2.45, 2.75) is 0 Å². The van der Waals surface area contributed by atoms with Crippen molar-refractivity contribution in [1.82, 2.24) is 4.98 Å². The van der Waals surface area contributed by atoms with Gasteiger partial charge in [-0.3, -0.25) is 4.79 Å². The fourth-order valence-corrected chi connectivity index (χ4v) is 2.26. The van der Waals surface area contributed by atoms with E-state index in [1.54, 1.807) is 24.4 Å². The van der Waals surface area contributed by atoms with E-state index < -0.39 is 0 Å². The predicted molar refractivity (Wildman–Crippen MR) is 65.1 cm³/mol. The monoisotopic (exact) mass is 249 g/mol. The van der Waals surface area contributed by atoms with E-state index >= 15 is 0 Å². The van der Waals surface area contributed by atoms with Gasteiger partial charge < -0.3 is 9.47 Å². The molecule has 0 fully saturated rings. The van der Waals surface area contributed by atoms with Crippen LogP contribution in [-0.2, 0) is 0 Å². The average molecular weight is 249 g/mol. The molecule has 2 aromatic rings. The number of carbonyl (C=O) groups is 1. The van der Waals surface area contributed by atoms with E-state index in [0.717, 1.165) is 0 Å². The summed E-state index contributed by atoms with van der Waals surface area (Å²) in [6.07, 6.45) is 1.57. The number of pyridine rings is 1. The second-order valence-corrected chi connectivity index (χ2v) is 4.12. The molecule has 0 spiro atoms. The summed E-state index contributed by atoms with van der Waals surface area (Å²) in [6, 6.07) is 5.19. The number of ether oxygens (including phenoxy) is 2. The van der Waals surface area contributed by atoms with E-state index in [0.29, 0.717) is 22.1 Å². The molecular formula is C12H11NO3S. The summed E-state index contributed by atoms with van der Waals surface area (Å²) in [5, 5.41) is 1.81. The fraction of sp³-hybridized carbons (Fsp3) is 0.167. The summed E-state index contributed by atoms with van der Waals surface area (Å²) in [4.78, 5) is 16.8. The molecule has 2 aromatic heterocycles. The van der Waals surface area contributed by atoms with Crippen LogP contribution in [0.15, 0.2) is 29.8 Å². The van der Waals surface area contributed by atoms with Crippen molar-refractivity contribution in [2.24, 2.45) is 0 Å². The van der Waals surface area contributed by atoms with E-state index in [2.05, 4.69) is 4.98 Å². The number of aromatic nitrogens is 1. The zero-order chi connectivity index (χ0) is 12.3. The summed E-state index contributed by atoms with van der Waals surface area (Å²) < 4.78 is 10.2. The minimum absolute atomic E-state index is 0.186. The third kappa shape index (κ3) is 2.14. The van der Waals surface area contributed by atoms with E-state index in [9.17, 15) is 4.79 Å². The minimum atomic E-state index is -0.186. The van der Waals surface area contributed by atoms with Crippen LogP contribution in [0.2, 0.25) is 0 Å². The van der Waals surface area contributed by atoms with Crippen LogP contribution in [0.25, 0.3) is 0 Å². The summed E-state index contributed by atoms with van der Waals surface area (Å²) in [7, 11) is 3.05. The maximum absolute atomic E-state index is 12.3. The van der Waals surface area contributed by atoms with Crippen LogP contribution in [0.5, 0.6) is 11.5 Å². The number of carbonyl (C=O) groups excluding carboxylic acids is 1. The Labute approximate surface area is 103 Å². The number of nitrogens with zero attached hydrogens (tertiary/aromatic N) is 1. The van der Waals surface area contributed by atoms with Crippen LogP contribution in [0.3, 0.4) is 0 Å². The van der Waals surface area contributed by atoms with Crippen LogP contribution in [-0.4, -0.2) is 25.0 Å². The highest BCUT2D eigenvalue weighted by Gasteiger charge is 2.20. The zero-order valence-corrected chi connectivity index (χ0v) is 10.3. The molecule has 0 aliphatic rings. The molecule has 5 heteroatoms. The van der Waals surface area contributed by atoms with Crippen molar-refractivity contribution in [3.63, 3.8) is 0 Å². The van der Waals surface area contributed by atoms with Gasteiger partial charge in [0.05, 0.1) is 14.2 Å². The van der Waals surface area contributed by atoms with Gasteiger partial charge in [-0.1, -0.05) is 0 Å². The second kappa shape index (κ2) is 4.97. The van der Waals surface area contributed by atoms with Gasteiger partial charge >= 0.3 is 0 Å². The summed E-state index contributed by atoms with van der Waals surface area (Å²) in [6.45, 7) is 0. The number of rotatable bonds is 4. The lowest BCUT2D eigenvalue weighted by atomic mass is 10.2. The SMILES string of the molecule is COc1cccnc1C(=O)c1sccc1OC. The van der Waals surface area contributed by atoms with Crippen molar-refractivity contribution in [2.75, 3.05) is 14.2 Å². The van der Waals surface area contributed by atoms with Gasteiger partial charge in [0.25, 0.3) is 0 Å². The Morgan fingerprint density at radius 1 is 1.24 bits per heavy atom. The topological polar surface area (TPSA) is 48.4 Å². The first kappa shape index (κ1) is 11.6. The second-order valence-electron chi connectivity index (χ2n) is 3.20. The molecule has 2 heterocycles. The van der Waals surface area contributed by atoms with Gasteiger partial charge in [0.15, 0.2) is 5.69 Å². The average Bonchev–Trinajstić information content (AvgIpc) is 2.86. The molecule has 0 radical (unpaired) electrons. The van der Waals surface area contributed by atoms with Gasteiger partial charge in [-0.2, -0.15) is 0 Å². The van der Waals surface area contributed by atoms with Crippen LogP contribution >= 0.6 is 11.3 Å². The van der Waals surface area contributed by atoms with Crippen molar-refractivity contribution in [1.29, 1.82) is 0 Å². The maximum Gasteiger partial charge on any atom is 0.228 e. The van der Waals surface area contributed by atoms with Gasteiger partial charge in [-0.15, -0.1) is 11.3 Å². The molecule has 0 atom stereocenters. The third-order valence-electron chi connectivity index (χ3n) is 2.26. The molecule has 0 saturated heterocycles. The smallest absolute Gasteiger partial charge is 0.228 e. The van der Waals surface area contributed by atoms with E-state index in [1.807, 2.05) is 5.38 Å². The molecule has 0 bridgehead atoms. The highest BCUT2D eigenvalue weighted by molar-refractivity contribution is 7.12. The van der Waals surface area contributed by atoms with E-state index in [-0.39, 0.29) is 5.78 Å². The molecule has 0 N–H and O–H groups in total. The standard InChI is InChI=1S/C12H11NO3S/c1-15-8-4-3-6-13-10(8)11(14)12-9(16-2)5-7-17-12/h3-7H,1-2H3. The van der Waals surface area contributed by atoms with Crippen molar-refractivity contribution < 1.29 is 14.3 Å². The molecule has 0 aromatic carbocycles. The normalized spacial score (nSPS) is 10.0. The fourth-order valence-electron chi connectivity index (χ4n) is 1.46. The van der Waals surface area contributed by atoms with Crippen LogP contribution in [0.1, 0.15) is 15.4 Å². The summed E-state index contributed by atoms with van der Waals surface area (Å²) in [5.74, 6) is 0.843. The molecular weight excluding hydrogens is 238 g/mol. The Bertz CT molecular complexity index is 536. The molecule has 0 saturated carbocycles. The van der Waals surface area contributed by atoms with Crippen LogP contribution < -0.4 is 9.47 Å². The largest absolute Gasteiger partial charge is 0.495 e. The molecule has 0 aliphatic heterocycles. The number of ketones is 1. The maximum atomic E-state index is 12.3. The number of thiophene rings is 1. The quantitative estimate of drug-likeness (QED) is 0.781. The van der Waals surface area contributed by atoms with Crippen molar-refractivity contribution in [3.8, 4) is 11.5 Å². The molecule has 0 unspecified atom stereocenters. The number of hydrogen-bond donors (Lipinski definition) is 0. The Morgan fingerprint density at radius 2 is 2.00 bits per heavy atom. The molecule has 4 nitrogen and oxygen atoms in total. The minimum Gasteiger partial charge on any atom is -0.495 e. The lowest BCUT2D eigenvalue weighted by Gasteiger charge is -2.05. The first-order valence-corrected chi connectivity index (χ1v) is 5.81. The lowest BCUT2D eigenvalue weighted by Crippen LogP contribution is -2.05. The molecule has 88 valence electrons. The Kier molecular flexibility index (Phi) is 3.39. The highest BCUT2D eigenvalue weighted by atomic mass is 32.1. The van der Waals surface area contributed by atoms with Crippen molar-refractivity contribution >= 4 is 17.1 Å². The zero-order valence-electron chi connectivity index (χ0n) is 9.47. The summed E-state index contributed by atoms with van der Waals surface area (Å²) in [5.41, 5.74) is 0.302. The number of hydrogen-bond acceptors (Lipinski definition) is 5. The summed E-state index contributed by atoms with van der Waals surface area (Å²) >= 11 is 1.33. The lowest BCUT2D eigenvalue weighted by molar-refractivity contribution is 0.103. The Hall–Kier alpha value is -1.88. The molecule has 2 rings (SSSR count). The van der Waals surface area contributed by atoms with Gasteiger partial charge in [0.2, 0.25) is 5.78 Å². The van der Waals surface area contributed by atoms with Gasteiger partial charge in [-0.25, -0.2) is 4.98 Å². The van der Waals surface area contributed by atoms with Crippen LogP contribution in [0.4, 0.5) is 0 Å². The van der Waals surface area contributed by atoms with Gasteiger partial charge in [-0.05, 0) is 23.6 Å². The molecule has 17 heavy (non-hydrogen) atoms.